The second-order valence-corrected chi connectivity index (χ2v) is 4.36. The van der Waals surface area contributed by atoms with Crippen molar-refractivity contribution in [3.05, 3.63) is 22.9 Å². The summed E-state index contributed by atoms with van der Waals surface area (Å²) < 4.78 is 8.86. The number of rotatable bonds is 7. The number of hydrogen-bond donors (Lipinski definition) is 0. The van der Waals surface area contributed by atoms with Gasteiger partial charge in [0.15, 0.2) is 0 Å². The summed E-state index contributed by atoms with van der Waals surface area (Å²) in [4.78, 5) is 11.6. The second-order valence-electron chi connectivity index (χ2n) is 4.36. The third kappa shape index (κ3) is 3.85. The van der Waals surface area contributed by atoms with Crippen molar-refractivity contribution in [3.8, 4) is 0 Å². The van der Waals surface area contributed by atoms with Crippen LogP contribution in [-0.2, 0) is 17.8 Å². The molecule has 0 radical (unpaired) electrons. The Balaban J connectivity index is 2.27. The number of aryl methyl sites for hydroxylation is 1. The van der Waals surface area contributed by atoms with E-state index in [0.29, 0.717) is 19.1 Å². The van der Waals surface area contributed by atoms with Crippen LogP contribution in [0.1, 0.15) is 27.2 Å². The molecule has 16 heavy (non-hydrogen) atoms. The van der Waals surface area contributed by atoms with Crippen LogP contribution in [0.4, 0.5) is 0 Å². The van der Waals surface area contributed by atoms with Crippen LogP contribution in [0.2, 0.25) is 0 Å². The first-order valence-corrected chi connectivity index (χ1v) is 5.98. The summed E-state index contributed by atoms with van der Waals surface area (Å²) in [6, 6.07) is 0. The highest BCUT2D eigenvalue weighted by Gasteiger charge is 2.01. The van der Waals surface area contributed by atoms with Gasteiger partial charge in [-0.3, -0.25) is 9.13 Å². The summed E-state index contributed by atoms with van der Waals surface area (Å²) in [5, 5.41) is 0. The second kappa shape index (κ2) is 6.53. The van der Waals surface area contributed by atoms with Crippen LogP contribution in [0, 0.1) is 5.92 Å². The first kappa shape index (κ1) is 13.0. The Hall–Kier alpha value is -1.03. The molecule has 0 aliphatic heterocycles. The van der Waals surface area contributed by atoms with Crippen molar-refractivity contribution < 1.29 is 4.74 Å². The maximum absolute atomic E-state index is 11.6. The van der Waals surface area contributed by atoms with Crippen molar-refractivity contribution in [2.24, 2.45) is 5.92 Å². The maximum atomic E-state index is 11.6. The Morgan fingerprint density at radius 3 is 2.50 bits per heavy atom. The smallest absolute Gasteiger partial charge is 0.328 e. The molecule has 92 valence electrons. The molecule has 0 amide bonds. The number of hydrogen-bond acceptors (Lipinski definition) is 2. The van der Waals surface area contributed by atoms with Crippen LogP contribution >= 0.6 is 0 Å². The van der Waals surface area contributed by atoms with E-state index in [1.165, 1.54) is 0 Å². The minimum Gasteiger partial charge on any atom is -0.380 e. The summed E-state index contributed by atoms with van der Waals surface area (Å²) >= 11 is 0. The van der Waals surface area contributed by atoms with Gasteiger partial charge >= 0.3 is 5.69 Å². The molecule has 1 aromatic rings. The minimum atomic E-state index is 0.0509. The molecule has 0 aliphatic carbocycles. The van der Waals surface area contributed by atoms with E-state index in [-0.39, 0.29) is 5.69 Å². The Morgan fingerprint density at radius 1 is 1.25 bits per heavy atom. The predicted molar refractivity (Wildman–Crippen MR) is 64.6 cm³/mol. The molecule has 0 saturated carbocycles. The van der Waals surface area contributed by atoms with Gasteiger partial charge < -0.3 is 4.74 Å². The van der Waals surface area contributed by atoms with Crippen molar-refractivity contribution in [1.29, 1.82) is 0 Å². The molecular weight excluding hydrogens is 204 g/mol. The van der Waals surface area contributed by atoms with E-state index >= 15 is 0 Å². The van der Waals surface area contributed by atoms with E-state index in [1.807, 2.05) is 19.3 Å². The molecule has 0 N–H and O–H groups in total. The molecular formula is C12H22N2O2. The first-order valence-electron chi connectivity index (χ1n) is 5.98. The fourth-order valence-corrected chi connectivity index (χ4v) is 1.45. The third-order valence-electron chi connectivity index (χ3n) is 2.57. The van der Waals surface area contributed by atoms with Crippen molar-refractivity contribution in [2.45, 2.75) is 40.3 Å². The molecule has 0 fully saturated rings. The summed E-state index contributed by atoms with van der Waals surface area (Å²) in [5.41, 5.74) is 0.0509. The highest BCUT2D eigenvalue weighted by molar-refractivity contribution is 4.80. The molecule has 0 aliphatic rings. The molecule has 1 heterocycles. The number of ether oxygens (including phenoxy) is 1. The number of nitrogens with zero attached hydrogens (tertiary/aromatic N) is 2. The largest absolute Gasteiger partial charge is 0.380 e. The summed E-state index contributed by atoms with van der Waals surface area (Å²) in [6.45, 7) is 9.07. The third-order valence-corrected chi connectivity index (χ3v) is 2.57. The van der Waals surface area contributed by atoms with Crippen LogP contribution in [-0.4, -0.2) is 22.3 Å². The SMILES string of the molecule is CCn1ccn(CCOCCC(C)C)c1=O. The van der Waals surface area contributed by atoms with Gasteiger partial charge in [-0.1, -0.05) is 13.8 Å². The molecule has 0 saturated heterocycles. The normalized spacial score (nSPS) is 11.2. The van der Waals surface area contributed by atoms with Crippen molar-refractivity contribution >= 4 is 0 Å². The quantitative estimate of drug-likeness (QED) is 0.664. The molecule has 0 unspecified atom stereocenters. The van der Waals surface area contributed by atoms with Gasteiger partial charge in [-0.25, -0.2) is 4.79 Å². The van der Waals surface area contributed by atoms with Crippen molar-refractivity contribution in [2.75, 3.05) is 13.2 Å². The highest BCUT2D eigenvalue weighted by Crippen LogP contribution is 1.98. The van der Waals surface area contributed by atoms with Crippen LogP contribution in [0.3, 0.4) is 0 Å². The van der Waals surface area contributed by atoms with Crippen molar-refractivity contribution in [3.63, 3.8) is 0 Å². The molecule has 0 bridgehead atoms. The van der Waals surface area contributed by atoms with Gasteiger partial charge in [0.25, 0.3) is 0 Å². The molecule has 0 atom stereocenters. The Kier molecular flexibility index (Phi) is 5.32. The van der Waals surface area contributed by atoms with Crippen LogP contribution in [0.5, 0.6) is 0 Å². The fraction of sp³-hybridized carbons (Fsp3) is 0.750. The summed E-state index contributed by atoms with van der Waals surface area (Å²) in [5.74, 6) is 0.670. The van der Waals surface area contributed by atoms with Gasteiger partial charge in [0.05, 0.1) is 13.2 Å². The van der Waals surface area contributed by atoms with Gasteiger partial charge in [-0.15, -0.1) is 0 Å². The number of imidazole rings is 1. The maximum Gasteiger partial charge on any atom is 0.328 e. The highest BCUT2D eigenvalue weighted by atomic mass is 16.5. The van der Waals surface area contributed by atoms with Gasteiger partial charge in [-0.05, 0) is 19.3 Å². The molecule has 4 heteroatoms. The molecule has 1 aromatic heterocycles. The molecule has 0 spiro atoms. The number of aromatic nitrogens is 2. The fourth-order valence-electron chi connectivity index (χ4n) is 1.45. The van der Waals surface area contributed by atoms with Crippen molar-refractivity contribution in [1.82, 2.24) is 9.13 Å². The van der Waals surface area contributed by atoms with E-state index in [0.717, 1.165) is 19.6 Å². The lowest BCUT2D eigenvalue weighted by Gasteiger charge is -2.06. The van der Waals surface area contributed by atoms with E-state index in [9.17, 15) is 4.79 Å². The molecule has 4 nitrogen and oxygen atoms in total. The minimum absolute atomic E-state index is 0.0509. The average molecular weight is 226 g/mol. The predicted octanol–water partition coefficient (Wildman–Crippen LogP) is 1.73. The van der Waals surface area contributed by atoms with Gasteiger partial charge in [-0.2, -0.15) is 0 Å². The molecule has 1 rings (SSSR count). The van der Waals surface area contributed by atoms with E-state index in [4.69, 9.17) is 4.74 Å². The Morgan fingerprint density at radius 2 is 1.94 bits per heavy atom. The topological polar surface area (TPSA) is 36.2 Å². The van der Waals surface area contributed by atoms with Gasteiger partial charge in [0.1, 0.15) is 0 Å². The Labute approximate surface area is 96.8 Å². The van der Waals surface area contributed by atoms with Gasteiger partial charge in [0.2, 0.25) is 0 Å². The van der Waals surface area contributed by atoms with E-state index in [2.05, 4.69) is 13.8 Å². The zero-order valence-corrected chi connectivity index (χ0v) is 10.5. The Bertz CT molecular complexity index is 352. The first-order chi connectivity index (χ1) is 7.65. The zero-order chi connectivity index (χ0) is 12.0. The summed E-state index contributed by atoms with van der Waals surface area (Å²) in [6.07, 6.45) is 4.71. The monoisotopic (exact) mass is 226 g/mol. The van der Waals surface area contributed by atoms with Crippen LogP contribution in [0.25, 0.3) is 0 Å². The van der Waals surface area contributed by atoms with E-state index in [1.54, 1.807) is 9.13 Å². The lowest BCUT2D eigenvalue weighted by Crippen LogP contribution is -2.25. The zero-order valence-electron chi connectivity index (χ0n) is 10.5. The average Bonchev–Trinajstić information content (AvgIpc) is 2.59. The summed E-state index contributed by atoms with van der Waals surface area (Å²) in [7, 11) is 0. The molecule has 0 aromatic carbocycles. The lowest BCUT2D eigenvalue weighted by molar-refractivity contribution is 0.115. The van der Waals surface area contributed by atoms with E-state index < -0.39 is 0 Å². The lowest BCUT2D eigenvalue weighted by atomic mass is 10.1. The van der Waals surface area contributed by atoms with Crippen LogP contribution < -0.4 is 5.69 Å². The van der Waals surface area contributed by atoms with Gasteiger partial charge in [0, 0.05) is 25.5 Å². The standard InChI is InChI=1S/C12H22N2O2/c1-4-13-6-7-14(12(13)15)8-10-16-9-5-11(2)3/h6-7,11H,4-5,8-10H2,1-3H3. The van der Waals surface area contributed by atoms with Crippen LogP contribution in [0.15, 0.2) is 17.2 Å².